The number of hydrogen-bond donors (Lipinski definition) is 2. The number of carbonyl (C=O) groups is 1. The zero-order chi connectivity index (χ0) is 24.5. The van der Waals surface area contributed by atoms with Gasteiger partial charge < -0.3 is 15.2 Å². The fourth-order valence-electron chi connectivity index (χ4n) is 4.06. The number of aromatic nitrogens is 3. The average Bonchev–Trinajstić information content (AvgIpc) is 3.43. The van der Waals surface area contributed by atoms with E-state index in [2.05, 4.69) is 25.8 Å². The van der Waals surface area contributed by atoms with Gasteiger partial charge in [0.05, 0.1) is 16.3 Å². The monoisotopic (exact) mass is 497 g/mol. The maximum atomic E-state index is 14.5. The second-order valence-corrected chi connectivity index (χ2v) is 8.49. The van der Waals surface area contributed by atoms with Gasteiger partial charge in [0.1, 0.15) is 5.82 Å². The van der Waals surface area contributed by atoms with Crippen LogP contribution in [0.3, 0.4) is 0 Å². The lowest BCUT2D eigenvalue weighted by molar-refractivity contribution is -0.137. The summed E-state index contributed by atoms with van der Waals surface area (Å²) in [6.07, 6.45) is -0.192. The Morgan fingerprint density at radius 1 is 1.15 bits per heavy atom. The third kappa shape index (κ3) is 4.84. The Balaban J connectivity index is 1.94. The molecule has 0 spiro atoms. The molecule has 0 saturated heterocycles. The van der Waals surface area contributed by atoms with Crippen LogP contribution in [-0.2, 0) is 11.7 Å². The first-order valence-electron chi connectivity index (χ1n) is 10.5. The van der Waals surface area contributed by atoms with Crippen LogP contribution in [0, 0.1) is 12.7 Å². The summed E-state index contributed by atoms with van der Waals surface area (Å²) in [5.41, 5.74) is -3.55. The van der Waals surface area contributed by atoms with Crippen LogP contribution in [0.1, 0.15) is 54.2 Å². The Kier molecular flexibility index (Phi) is 6.48. The molecule has 7 nitrogen and oxygen atoms in total. The molecule has 180 valence electrons. The second kappa shape index (κ2) is 9.21. The first kappa shape index (κ1) is 23.9. The van der Waals surface area contributed by atoms with E-state index in [1.807, 2.05) is 0 Å². The fourth-order valence-corrected chi connectivity index (χ4v) is 4.18. The van der Waals surface area contributed by atoms with E-state index in [0.29, 0.717) is 6.07 Å². The van der Waals surface area contributed by atoms with Gasteiger partial charge in [-0.25, -0.2) is 9.18 Å². The zero-order valence-corrected chi connectivity index (χ0v) is 18.7. The smallest absolute Gasteiger partial charge is 0.340 e. The molecular weight excluding hydrogens is 478 g/mol. The molecule has 0 unspecified atom stereocenters. The molecular formula is C22H20ClF4N5O2. The highest BCUT2D eigenvalue weighted by Crippen LogP contribution is 2.39. The van der Waals surface area contributed by atoms with Crippen molar-refractivity contribution < 1.29 is 26.9 Å². The highest BCUT2D eigenvalue weighted by Gasteiger charge is 2.46. The first-order chi connectivity index (χ1) is 16.1. The minimum absolute atomic E-state index is 0.0120. The third-order valence-electron chi connectivity index (χ3n) is 5.62. The molecule has 4 rings (SSSR count). The number of pyridine rings is 1. The van der Waals surface area contributed by atoms with Crippen molar-refractivity contribution in [2.45, 2.75) is 50.4 Å². The maximum absolute atomic E-state index is 14.5. The van der Waals surface area contributed by atoms with Gasteiger partial charge in [-0.15, -0.1) is 0 Å². The van der Waals surface area contributed by atoms with Gasteiger partial charge in [0.15, 0.2) is 5.54 Å². The van der Waals surface area contributed by atoms with Crippen molar-refractivity contribution in [1.29, 1.82) is 0 Å². The molecule has 1 atom stereocenters. The van der Waals surface area contributed by atoms with Crippen molar-refractivity contribution in [3.63, 3.8) is 0 Å². The number of rotatable bonds is 5. The van der Waals surface area contributed by atoms with Crippen LogP contribution in [0.15, 0.2) is 41.1 Å². The van der Waals surface area contributed by atoms with Crippen molar-refractivity contribution in [3.8, 4) is 0 Å². The van der Waals surface area contributed by atoms with Gasteiger partial charge in [-0.05, 0) is 48.7 Å². The van der Waals surface area contributed by atoms with Crippen molar-refractivity contribution in [3.05, 3.63) is 75.9 Å². The van der Waals surface area contributed by atoms with Gasteiger partial charge in [0.25, 0.3) is 0 Å². The Labute approximate surface area is 196 Å². The quantitative estimate of drug-likeness (QED) is 0.477. The number of hydrogen-bond acceptors (Lipinski definition) is 5. The van der Waals surface area contributed by atoms with E-state index in [1.54, 1.807) is 0 Å². The van der Waals surface area contributed by atoms with Gasteiger partial charge in [-0.3, -0.25) is 4.98 Å². The fraction of sp³-hybridized carbons (Fsp3) is 0.364. The maximum Gasteiger partial charge on any atom is 0.416 e. The molecule has 12 heteroatoms. The van der Waals surface area contributed by atoms with E-state index < -0.39 is 29.1 Å². The van der Waals surface area contributed by atoms with Crippen LogP contribution in [0.5, 0.6) is 0 Å². The minimum Gasteiger partial charge on any atom is -0.340 e. The van der Waals surface area contributed by atoms with Crippen molar-refractivity contribution in [2.75, 3.05) is 0 Å². The Morgan fingerprint density at radius 2 is 1.85 bits per heavy atom. The summed E-state index contributed by atoms with van der Waals surface area (Å²) in [4.78, 5) is 21.5. The number of nitrogens with one attached hydrogen (secondary N) is 2. The van der Waals surface area contributed by atoms with E-state index in [1.165, 1.54) is 25.3 Å². The van der Waals surface area contributed by atoms with Crippen LogP contribution in [0.25, 0.3) is 0 Å². The minimum atomic E-state index is -4.85. The largest absolute Gasteiger partial charge is 0.416 e. The van der Waals surface area contributed by atoms with Gasteiger partial charge in [0.2, 0.25) is 11.7 Å². The number of halogens is 5. The highest BCUT2D eigenvalue weighted by molar-refractivity contribution is 6.30. The van der Waals surface area contributed by atoms with Crippen LogP contribution in [-0.4, -0.2) is 27.2 Å². The highest BCUT2D eigenvalue weighted by atomic mass is 35.5. The number of urea groups is 1. The summed E-state index contributed by atoms with van der Waals surface area (Å²) in [5, 5.41) is 9.59. The molecule has 2 N–H and O–H groups in total. The van der Waals surface area contributed by atoms with Gasteiger partial charge in [-0.2, -0.15) is 18.2 Å². The van der Waals surface area contributed by atoms with Crippen LogP contribution >= 0.6 is 11.6 Å². The van der Waals surface area contributed by atoms with E-state index in [4.69, 9.17) is 16.1 Å². The molecule has 0 radical (unpaired) electrons. The van der Waals surface area contributed by atoms with Gasteiger partial charge >= 0.3 is 12.2 Å². The van der Waals surface area contributed by atoms with Crippen LogP contribution in [0.4, 0.5) is 22.4 Å². The summed E-state index contributed by atoms with van der Waals surface area (Å²) in [6.45, 7) is 1.47. The molecule has 3 aromatic rings. The lowest BCUT2D eigenvalue weighted by Crippen LogP contribution is -2.54. The van der Waals surface area contributed by atoms with E-state index in [0.717, 1.165) is 37.8 Å². The lowest BCUT2D eigenvalue weighted by Gasteiger charge is -2.33. The van der Waals surface area contributed by atoms with Crippen LogP contribution in [0.2, 0.25) is 5.02 Å². The molecule has 34 heavy (non-hydrogen) atoms. The normalized spacial score (nSPS) is 16.3. The topological polar surface area (TPSA) is 92.9 Å². The standard InChI is InChI=1S/C22H20ClF4N5O2/c1-12-29-19(32-34-12)21(18-7-6-15(23)11-28-18,31-20(33)30-17-4-2-3-5-17)13-8-14(22(25,26)27)10-16(24)9-13/h6-11,17H,2-5H2,1H3,(H2,30,31,33)/t21-/m0/s1. The first-order valence-corrected chi connectivity index (χ1v) is 10.9. The van der Waals surface area contributed by atoms with E-state index in [-0.39, 0.29) is 34.0 Å². The predicted molar refractivity (Wildman–Crippen MR) is 113 cm³/mol. The number of amides is 2. The zero-order valence-electron chi connectivity index (χ0n) is 17.9. The summed E-state index contributed by atoms with van der Waals surface area (Å²) >= 11 is 5.97. The molecule has 1 aliphatic carbocycles. The number of benzene rings is 1. The van der Waals surface area contributed by atoms with Crippen molar-refractivity contribution >= 4 is 17.6 Å². The summed E-state index contributed by atoms with van der Waals surface area (Å²) in [6, 6.07) is 3.97. The predicted octanol–water partition coefficient (Wildman–Crippen LogP) is 5.12. The van der Waals surface area contributed by atoms with E-state index in [9.17, 15) is 22.4 Å². The summed E-state index contributed by atoms with van der Waals surface area (Å²) in [5.74, 6) is -1.31. The van der Waals surface area contributed by atoms with Crippen molar-refractivity contribution in [2.24, 2.45) is 0 Å². The Morgan fingerprint density at radius 3 is 2.44 bits per heavy atom. The molecule has 1 saturated carbocycles. The molecule has 2 heterocycles. The Bertz CT molecular complexity index is 1180. The SMILES string of the molecule is Cc1nc([C@](NC(=O)NC2CCCC2)(c2cc(F)cc(C(F)(F)F)c2)c2ccc(Cl)cn2)no1. The molecule has 0 aliphatic heterocycles. The average molecular weight is 498 g/mol. The van der Waals surface area contributed by atoms with Crippen LogP contribution < -0.4 is 10.6 Å². The molecule has 1 aliphatic rings. The van der Waals surface area contributed by atoms with Crippen molar-refractivity contribution in [1.82, 2.24) is 25.8 Å². The number of aryl methyl sites for hydroxylation is 1. The number of carbonyl (C=O) groups excluding carboxylic acids is 1. The summed E-state index contributed by atoms with van der Waals surface area (Å²) < 4.78 is 60.3. The van der Waals surface area contributed by atoms with Gasteiger partial charge in [-0.1, -0.05) is 29.6 Å². The summed E-state index contributed by atoms with van der Waals surface area (Å²) in [7, 11) is 0. The Hall–Kier alpha value is -3.21. The molecule has 0 bridgehead atoms. The molecule has 1 fully saturated rings. The molecule has 1 aromatic carbocycles. The molecule has 2 aromatic heterocycles. The number of nitrogens with zero attached hydrogens (tertiary/aromatic N) is 3. The lowest BCUT2D eigenvalue weighted by atomic mass is 9.84. The van der Waals surface area contributed by atoms with E-state index >= 15 is 0 Å². The molecule has 2 amide bonds. The third-order valence-corrected chi connectivity index (χ3v) is 5.85. The number of alkyl halides is 3. The van der Waals surface area contributed by atoms with Gasteiger partial charge in [0, 0.05) is 19.2 Å². The second-order valence-electron chi connectivity index (χ2n) is 8.05.